The molecule has 4 aliphatic rings. The Morgan fingerprint density at radius 1 is 1.16 bits per heavy atom. The number of ether oxygens (including phenoxy) is 2. The van der Waals surface area contributed by atoms with Crippen molar-refractivity contribution in [1.82, 2.24) is 19.9 Å². The van der Waals surface area contributed by atoms with Crippen molar-refractivity contribution in [3.8, 4) is 5.75 Å². The maximum atomic E-state index is 12.5. The van der Waals surface area contributed by atoms with Crippen LogP contribution in [-0.4, -0.2) is 89.9 Å². The lowest BCUT2D eigenvalue weighted by Gasteiger charge is -2.41. The fourth-order valence-electron chi connectivity index (χ4n) is 7.11. The van der Waals surface area contributed by atoms with E-state index < -0.39 is 0 Å². The summed E-state index contributed by atoms with van der Waals surface area (Å²) in [5.74, 6) is 1.61. The van der Waals surface area contributed by atoms with Gasteiger partial charge in [0, 0.05) is 56.2 Å². The van der Waals surface area contributed by atoms with E-state index in [4.69, 9.17) is 14.3 Å². The molecule has 6 heterocycles. The number of nitrogens with zero attached hydrogens (tertiary/aromatic N) is 6. The minimum Gasteiger partial charge on any atom is -0.494 e. The second-order valence-electron chi connectivity index (χ2n) is 12.1. The quantitative estimate of drug-likeness (QED) is 0.324. The lowest BCUT2D eigenvalue weighted by Crippen LogP contribution is -2.49. The molecule has 1 amide bonds. The van der Waals surface area contributed by atoms with Crippen LogP contribution in [0.5, 0.6) is 5.75 Å². The van der Waals surface area contributed by atoms with Crippen LogP contribution >= 0.6 is 0 Å². The third kappa shape index (κ3) is 6.31. The molecular formula is C33H40N8O4. The first kappa shape index (κ1) is 29.5. The Balaban J connectivity index is 1.10. The van der Waals surface area contributed by atoms with Gasteiger partial charge in [0.25, 0.3) is 0 Å². The molecule has 0 spiro atoms. The van der Waals surface area contributed by atoms with Gasteiger partial charge >= 0.3 is 0 Å². The summed E-state index contributed by atoms with van der Waals surface area (Å²) in [5.41, 5.74) is 3.42. The van der Waals surface area contributed by atoms with Crippen molar-refractivity contribution in [2.24, 2.45) is 0 Å². The number of fused-ring (bicyclic) bond motifs is 2. The highest BCUT2D eigenvalue weighted by Gasteiger charge is 2.42. The fourth-order valence-corrected chi connectivity index (χ4v) is 7.11. The highest BCUT2D eigenvalue weighted by molar-refractivity contribution is 6.02. The van der Waals surface area contributed by atoms with Gasteiger partial charge in [0.05, 0.1) is 49.5 Å². The standard InChI is InChI=1S/C33H40N8O4/c1-3-33(42)38-27-15-28(30(43-2)16-29(27)39-10-6-23(7-11-39)40-19-26-14-25(40)20-44-26)37-31-17-32(36-21-35-31)41-24(8-12-45-41)13-22-5-4-9-34-18-22/h3-5,9,15-18,21,23-26H,1,6-8,10-14,19-20H2,2H3,(H,38,42)(H,35,36,37)/t24-,25+,26+/m0/s1. The highest BCUT2D eigenvalue weighted by atomic mass is 16.7. The molecule has 0 aliphatic carbocycles. The normalized spacial score (nSPS) is 23.4. The molecule has 2 bridgehead atoms. The van der Waals surface area contributed by atoms with E-state index in [0.717, 1.165) is 69.6 Å². The third-order valence-corrected chi connectivity index (χ3v) is 9.33. The summed E-state index contributed by atoms with van der Waals surface area (Å²) in [6.07, 6.45) is 11.8. The number of nitrogens with one attached hydrogen (secondary N) is 2. The molecule has 4 saturated heterocycles. The van der Waals surface area contributed by atoms with Crippen molar-refractivity contribution < 1.29 is 19.1 Å². The Hall–Kier alpha value is -4.26. The first-order valence-corrected chi connectivity index (χ1v) is 15.8. The maximum Gasteiger partial charge on any atom is 0.247 e. The molecule has 4 aliphatic heterocycles. The summed E-state index contributed by atoms with van der Waals surface area (Å²) in [6, 6.07) is 11.0. The number of amides is 1. The molecule has 0 radical (unpaired) electrons. The Morgan fingerprint density at radius 2 is 2.04 bits per heavy atom. The molecule has 3 aromatic rings. The number of morpholine rings is 1. The minimum atomic E-state index is -0.273. The van der Waals surface area contributed by atoms with Gasteiger partial charge in [0.1, 0.15) is 17.9 Å². The molecule has 1 aromatic carbocycles. The SMILES string of the molecule is C=CC(=O)Nc1cc(Nc2cc(N3OCC[C@H]3Cc3cccnc3)ncn2)c(OC)cc1N1CCC(N2C[C@H]3C[C@@H]2CO3)CC1. The molecule has 0 unspecified atom stereocenters. The van der Waals surface area contributed by atoms with Crippen molar-refractivity contribution in [2.45, 2.75) is 56.3 Å². The van der Waals surface area contributed by atoms with E-state index >= 15 is 0 Å². The predicted molar refractivity (Wildman–Crippen MR) is 172 cm³/mol. The fraction of sp³-hybridized carbons (Fsp3) is 0.455. The van der Waals surface area contributed by atoms with Crippen molar-refractivity contribution in [3.05, 3.63) is 67.3 Å². The zero-order valence-corrected chi connectivity index (χ0v) is 25.6. The van der Waals surface area contributed by atoms with Crippen LogP contribution in [0.15, 0.2) is 61.7 Å². The van der Waals surface area contributed by atoms with E-state index in [9.17, 15) is 4.79 Å². The van der Waals surface area contributed by atoms with E-state index in [1.165, 1.54) is 12.4 Å². The second kappa shape index (κ2) is 13.0. The number of hydrogen-bond donors (Lipinski definition) is 2. The Labute approximate surface area is 263 Å². The molecule has 45 heavy (non-hydrogen) atoms. The molecule has 236 valence electrons. The van der Waals surface area contributed by atoms with Crippen LogP contribution in [0.1, 0.15) is 31.2 Å². The van der Waals surface area contributed by atoms with Crippen LogP contribution in [0, 0.1) is 0 Å². The van der Waals surface area contributed by atoms with Gasteiger partial charge in [-0.25, -0.2) is 15.0 Å². The summed E-state index contributed by atoms with van der Waals surface area (Å²) in [6.45, 7) is 7.95. The van der Waals surface area contributed by atoms with Gasteiger partial charge in [-0.1, -0.05) is 12.6 Å². The molecule has 12 nitrogen and oxygen atoms in total. The molecule has 2 N–H and O–H groups in total. The highest BCUT2D eigenvalue weighted by Crippen LogP contribution is 2.41. The number of pyridine rings is 1. The van der Waals surface area contributed by atoms with Gasteiger partial charge < -0.3 is 25.0 Å². The Kier molecular flexibility index (Phi) is 8.51. The second-order valence-corrected chi connectivity index (χ2v) is 12.1. The van der Waals surface area contributed by atoms with Gasteiger partial charge in [0.2, 0.25) is 5.91 Å². The number of carbonyl (C=O) groups is 1. The monoisotopic (exact) mass is 612 g/mol. The molecule has 4 fully saturated rings. The summed E-state index contributed by atoms with van der Waals surface area (Å²) in [5, 5.41) is 8.27. The zero-order chi connectivity index (χ0) is 30.8. The number of piperidine rings is 1. The van der Waals surface area contributed by atoms with Crippen molar-refractivity contribution in [1.29, 1.82) is 0 Å². The molecule has 7 rings (SSSR count). The van der Waals surface area contributed by atoms with Gasteiger partial charge in [-0.05, 0) is 55.9 Å². The molecule has 12 heteroatoms. The number of rotatable bonds is 10. The largest absolute Gasteiger partial charge is 0.494 e. The summed E-state index contributed by atoms with van der Waals surface area (Å²) < 4.78 is 11.7. The lowest BCUT2D eigenvalue weighted by atomic mass is 10.0. The van der Waals surface area contributed by atoms with Gasteiger partial charge in [-0.15, -0.1) is 0 Å². The lowest BCUT2D eigenvalue weighted by molar-refractivity contribution is -0.111. The summed E-state index contributed by atoms with van der Waals surface area (Å²) >= 11 is 0. The average molecular weight is 613 g/mol. The molecular weight excluding hydrogens is 572 g/mol. The predicted octanol–water partition coefficient (Wildman–Crippen LogP) is 3.94. The minimum absolute atomic E-state index is 0.129. The number of anilines is 5. The molecule has 3 atom stereocenters. The smallest absolute Gasteiger partial charge is 0.247 e. The Bertz CT molecular complexity index is 1520. The number of hydroxylamine groups is 1. The van der Waals surface area contributed by atoms with Crippen molar-refractivity contribution in [2.75, 3.05) is 60.6 Å². The first-order chi connectivity index (χ1) is 22.1. The summed E-state index contributed by atoms with van der Waals surface area (Å²) in [4.78, 5) is 36.7. The van der Waals surface area contributed by atoms with Crippen molar-refractivity contribution >= 4 is 34.6 Å². The first-order valence-electron chi connectivity index (χ1n) is 15.8. The van der Waals surface area contributed by atoms with Gasteiger partial charge in [-0.3, -0.25) is 19.5 Å². The van der Waals surface area contributed by atoms with Crippen LogP contribution in [0.4, 0.5) is 28.7 Å². The van der Waals surface area contributed by atoms with Crippen molar-refractivity contribution in [3.63, 3.8) is 0 Å². The number of benzene rings is 1. The number of methoxy groups -OCH3 is 1. The molecule has 0 saturated carbocycles. The van der Waals surface area contributed by atoms with Crippen LogP contribution in [0.3, 0.4) is 0 Å². The van der Waals surface area contributed by atoms with E-state index in [1.54, 1.807) is 13.3 Å². The van der Waals surface area contributed by atoms with Crippen LogP contribution < -0.4 is 25.3 Å². The maximum absolute atomic E-state index is 12.5. The van der Waals surface area contributed by atoms with Gasteiger partial charge in [0.15, 0.2) is 5.82 Å². The zero-order valence-electron chi connectivity index (χ0n) is 25.6. The Morgan fingerprint density at radius 3 is 2.78 bits per heavy atom. The van der Waals surface area contributed by atoms with E-state index in [0.29, 0.717) is 53.6 Å². The van der Waals surface area contributed by atoms with E-state index in [1.807, 2.05) is 35.5 Å². The number of carbonyl (C=O) groups excluding carboxylic acids is 1. The van der Waals surface area contributed by atoms with Crippen LogP contribution in [0.2, 0.25) is 0 Å². The number of likely N-dealkylation sites (tertiary alicyclic amines) is 1. The van der Waals surface area contributed by atoms with Crippen LogP contribution in [0.25, 0.3) is 0 Å². The van der Waals surface area contributed by atoms with Gasteiger partial charge in [-0.2, -0.15) is 0 Å². The average Bonchev–Trinajstić information content (AvgIpc) is 3.84. The van der Waals surface area contributed by atoms with E-state index in [-0.39, 0.29) is 11.9 Å². The van der Waals surface area contributed by atoms with E-state index in [2.05, 4.69) is 48.0 Å². The number of aromatic nitrogens is 3. The topological polar surface area (TPSA) is 117 Å². The number of hydrogen-bond acceptors (Lipinski definition) is 11. The van der Waals surface area contributed by atoms with Crippen LogP contribution in [-0.2, 0) is 20.8 Å². The third-order valence-electron chi connectivity index (χ3n) is 9.33. The molecule has 2 aromatic heterocycles. The summed E-state index contributed by atoms with van der Waals surface area (Å²) in [7, 11) is 1.65.